The van der Waals surface area contributed by atoms with Gasteiger partial charge in [0.1, 0.15) is 5.69 Å². The average Bonchev–Trinajstić information content (AvgIpc) is 3.29. The molecule has 2 aromatic heterocycles. The summed E-state index contributed by atoms with van der Waals surface area (Å²) in [6, 6.07) is 14.4. The molecule has 1 aliphatic heterocycles. The molecule has 27 heavy (non-hydrogen) atoms. The normalized spacial score (nSPS) is 15.3. The summed E-state index contributed by atoms with van der Waals surface area (Å²) in [5.74, 6) is 0.0105. The molecule has 5 nitrogen and oxygen atoms in total. The molecule has 0 radical (unpaired) electrons. The predicted octanol–water partition coefficient (Wildman–Crippen LogP) is 3.20. The number of morpholine rings is 1. The van der Waals surface area contributed by atoms with Crippen molar-refractivity contribution in [3.05, 3.63) is 59.1 Å². The lowest BCUT2D eigenvalue weighted by atomic mass is 10.2. The van der Waals surface area contributed by atoms with Gasteiger partial charge < -0.3 is 14.6 Å². The Morgan fingerprint density at radius 2 is 1.96 bits per heavy atom. The Balaban J connectivity index is 1.40. The zero-order valence-electron chi connectivity index (χ0n) is 15.4. The maximum Gasteiger partial charge on any atom is 0.267 e. The number of fused-ring (bicyclic) bond motifs is 1. The van der Waals surface area contributed by atoms with Crippen LogP contribution in [0.1, 0.15) is 22.5 Å². The van der Waals surface area contributed by atoms with E-state index in [0.717, 1.165) is 55.2 Å². The SMILES string of the molecule is O=C(NCCCN1CCOCC1)c1cc2sccc2n1Cc1ccccc1. The van der Waals surface area contributed by atoms with Crippen LogP contribution in [0.2, 0.25) is 0 Å². The van der Waals surface area contributed by atoms with Crippen LogP contribution in [0.4, 0.5) is 0 Å². The van der Waals surface area contributed by atoms with Gasteiger partial charge in [-0.25, -0.2) is 0 Å². The zero-order chi connectivity index (χ0) is 18.5. The number of ether oxygens (including phenoxy) is 1. The second-order valence-electron chi connectivity index (χ2n) is 6.83. The smallest absolute Gasteiger partial charge is 0.267 e. The fraction of sp³-hybridized carbons (Fsp3) is 0.381. The van der Waals surface area contributed by atoms with E-state index in [1.807, 2.05) is 24.3 Å². The molecule has 3 heterocycles. The molecule has 4 rings (SSSR count). The number of nitrogens with one attached hydrogen (secondary N) is 1. The van der Waals surface area contributed by atoms with Crippen molar-refractivity contribution in [3.8, 4) is 0 Å². The van der Waals surface area contributed by atoms with Crippen LogP contribution in [0.15, 0.2) is 47.8 Å². The van der Waals surface area contributed by atoms with Crippen molar-refractivity contribution in [3.63, 3.8) is 0 Å². The van der Waals surface area contributed by atoms with Gasteiger partial charge in [-0.3, -0.25) is 9.69 Å². The average molecular weight is 384 g/mol. The van der Waals surface area contributed by atoms with Gasteiger partial charge in [0.15, 0.2) is 0 Å². The molecule has 0 aliphatic carbocycles. The maximum absolute atomic E-state index is 12.8. The summed E-state index contributed by atoms with van der Waals surface area (Å²) in [6.07, 6.45) is 0.958. The first kappa shape index (κ1) is 18.2. The maximum atomic E-state index is 12.8. The standard InChI is InChI=1S/C21H25N3O2S/c25-21(22-8-4-9-23-10-12-26-13-11-23)19-15-20-18(7-14-27-20)24(19)16-17-5-2-1-3-6-17/h1-3,5-7,14-15H,4,8-13,16H2,(H,22,25). The minimum absolute atomic E-state index is 0.0105. The number of carbonyl (C=O) groups excluding carboxylic acids is 1. The minimum Gasteiger partial charge on any atom is -0.379 e. The van der Waals surface area contributed by atoms with Crippen LogP contribution in [-0.4, -0.2) is 54.8 Å². The molecule has 3 aromatic rings. The Morgan fingerprint density at radius 1 is 1.15 bits per heavy atom. The summed E-state index contributed by atoms with van der Waals surface area (Å²) in [5.41, 5.74) is 3.07. The van der Waals surface area contributed by atoms with E-state index >= 15 is 0 Å². The van der Waals surface area contributed by atoms with Crippen LogP contribution >= 0.6 is 11.3 Å². The van der Waals surface area contributed by atoms with Gasteiger partial charge in [0.05, 0.1) is 23.4 Å². The fourth-order valence-electron chi connectivity index (χ4n) is 3.52. The van der Waals surface area contributed by atoms with Gasteiger partial charge in [-0.1, -0.05) is 30.3 Å². The van der Waals surface area contributed by atoms with Crippen LogP contribution < -0.4 is 5.32 Å². The summed E-state index contributed by atoms with van der Waals surface area (Å²) in [6.45, 7) is 6.02. The third-order valence-corrected chi connectivity index (χ3v) is 5.83. The van der Waals surface area contributed by atoms with Crippen molar-refractivity contribution in [2.75, 3.05) is 39.4 Å². The van der Waals surface area contributed by atoms with E-state index in [-0.39, 0.29) is 5.91 Å². The Bertz CT molecular complexity index is 881. The van der Waals surface area contributed by atoms with E-state index in [4.69, 9.17) is 4.74 Å². The number of nitrogens with zero attached hydrogens (tertiary/aromatic N) is 2. The van der Waals surface area contributed by atoms with Crippen LogP contribution in [0.5, 0.6) is 0 Å². The molecule has 0 bridgehead atoms. The third kappa shape index (κ3) is 4.40. The molecule has 0 unspecified atom stereocenters. The zero-order valence-corrected chi connectivity index (χ0v) is 16.2. The Morgan fingerprint density at radius 3 is 2.78 bits per heavy atom. The van der Waals surface area contributed by atoms with Gasteiger partial charge in [-0.05, 0) is 36.0 Å². The van der Waals surface area contributed by atoms with Gasteiger partial charge >= 0.3 is 0 Å². The summed E-state index contributed by atoms with van der Waals surface area (Å²) >= 11 is 1.68. The van der Waals surface area contributed by atoms with Gasteiger partial charge in [0.25, 0.3) is 5.91 Å². The van der Waals surface area contributed by atoms with Crippen molar-refractivity contribution in [2.45, 2.75) is 13.0 Å². The first-order chi connectivity index (χ1) is 13.3. The van der Waals surface area contributed by atoms with Gasteiger partial charge in [-0.2, -0.15) is 0 Å². The van der Waals surface area contributed by atoms with Crippen LogP contribution in [-0.2, 0) is 11.3 Å². The van der Waals surface area contributed by atoms with E-state index in [9.17, 15) is 4.79 Å². The second-order valence-corrected chi connectivity index (χ2v) is 7.78. The molecular weight excluding hydrogens is 358 g/mol. The van der Waals surface area contributed by atoms with Gasteiger partial charge in [-0.15, -0.1) is 11.3 Å². The monoisotopic (exact) mass is 383 g/mol. The lowest BCUT2D eigenvalue weighted by Crippen LogP contribution is -2.38. The van der Waals surface area contributed by atoms with E-state index < -0.39 is 0 Å². The Hall–Kier alpha value is -2.15. The lowest BCUT2D eigenvalue weighted by molar-refractivity contribution is 0.0374. The number of benzene rings is 1. The van der Waals surface area contributed by atoms with Gasteiger partial charge in [0, 0.05) is 26.2 Å². The van der Waals surface area contributed by atoms with Crippen LogP contribution in [0, 0.1) is 0 Å². The van der Waals surface area contributed by atoms with Crippen molar-refractivity contribution in [2.24, 2.45) is 0 Å². The molecule has 1 amide bonds. The third-order valence-electron chi connectivity index (χ3n) is 4.98. The van der Waals surface area contributed by atoms with Crippen molar-refractivity contribution in [1.29, 1.82) is 0 Å². The molecule has 1 aromatic carbocycles. The number of aromatic nitrogens is 1. The summed E-state index contributed by atoms with van der Waals surface area (Å²) in [7, 11) is 0. The topological polar surface area (TPSA) is 46.5 Å². The molecule has 1 saturated heterocycles. The van der Waals surface area contributed by atoms with Crippen LogP contribution in [0.25, 0.3) is 10.2 Å². The first-order valence-electron chi connectivity index (χ1n) is 9.50. The van der Waals surface area contributed by atoms with E-state index in [1.54, 1.807) is 11.3 Å². The van der Waals surface area contributed by atoms with E-state index in [0.29, 0.717) is 13.1 Å². The molecule has 142 valence electrons. The molecule has 6 heteroatoms. The molecule has 1 N–H and O–H groups in total. The highest BCUT2D eigenvalue weighted by molar-refractivity contribution is 7.17. The predicted molar refractivity (Wildman–Crippen MR) is 110 cm³/mol. The number of hydrogen-bond donors (Lipinski definition) is 1. The summed E-state index contributed by atoms with van der Waals surface area (Å²) < 4.78 is 8.65. The molecular formula is C21H25N3O2S. The summed E-state index contributed by atoms with van der Waals surface area (Å²) in [4.78, 5) is 15.2. The largest absolute Gasteiger partial charge is 0.379 e. The highest BCUT2D eigenvalue weighted by Gasteiger charge is 2.17. The number of hydrogen-bond acceptors (Lipinski definition) is 4. The molecule has 1 aliphatic rings. The van der Waals surface area contributed by atoms with Gasteiger partial charge in [0.2, 0.25) is 0 Å². The Labute approximate surface area is 163 Å². The summed E-state index contributed by atoms with van der Waals surface area (Å²) in [5, 5.41) is 5.18. The van der Waals surface area contributed by atoms with Crippen molar-refractivity contribution in [1.82, 2.24) is 14.8 Å². The highest BCUT2D eigenvalue weighted by atomic mass is 32.1. The number of carbonyl (C=O) groups is 1. The number of rotatable bonds is 7. The van der Waals surface area contributed by atoms with E-state index in [1.165, 1.54) is 5.56 Å². The van der Waals surface area contributed by atoms with Crippen molar-refractivity contribution >= 4 is 27.5 Å². The molecule has 1 fully saturated rings. The first-order valence-corrected chi connectivity index (χ1v) is 10.4. The fourth-order valence-corrected chi connectivity index (χ4v) is 4.34. The second kappa shape index (κ2) is 8.69. The lowest BCUT2D eigenvalue weighted by Gasteiger charge is -2.26. The quantitative estimate of drug-likeness (QED) is 0.638. The molecule has 0 atom stereocenters. The van der Waals surface area contributed by atoms with Crippen LogP contribution in [0.3, 0.4) is 0 Å². The Kier molecular flexibility index (Phi) is 5.87. The number of thiophene rings is 1. The highest BCUT2D eigenvalue weighted by Crippen LogP contribution is 2.26. The molecule has 0 spiro atoms. The van der Waals surface area contributed by atoms with E-state index in [2.05, 4.69) is 38.4 Å². The molecule has 0 saturated carbocycles. The minimum atomic E-state index is 0.0105. The number of amides is 1. The van der Waals surface area contributed by atoms with Crippen molar-refractivity contribution < 1.29 is 9.53 Å².